The molecule has 0 spiro atoms. The first-order chi connectivity index (χ1) is 8.79. The van der Waals surface area contributed by atoms with E-state index in [1.54, 1.807) is 6.07 Å². The highest BCUT2D eigenvalue weighted by atomic mass is 16.3. The molecule has 2 aromatic carbocycles. The van der Waals surface area contributed by atoms with Gasteiger partial charge in [-0.3, -0.25) is 0 Å². The Morgan fingerprint density at radius 2 is 1.26 bits per heavy atom. The van der Waals surface area contributed by atoms with Gasteiger partial charge in [-0.05, 0) is 41.3 Å². The summed E-state index contributed by atoms with van der Waals surface area (Å²) in [4.78, 5) is 0. The number of hydrogen-bond acceptors (Lipinski definition) is 3. The molecule has 0 aliphatic rings. The second kappa shape index (κ2) is 4.50. The van der Waals surface area contributed by atoms with E-state index in [1.807, 2.05) is 12.1 Å². The molecular formula is C16H18O3. The molecule has 2 aromatic rings. The van der Waals surface area contributed by atoms with Gasteiger partial charge in [-0.2, -0.15) is 0 Å². The van der Waals surface area contributed by atoms with E-state index in [9.17, 15) is 15.3 Å². The van der Waals surface area contributed by atoms with E-state index in [4.69, 9.17) is 0 Å². The molecule has 0 saturated carbocycles. The first kappa shape index (κ1) is 13.3. The van der Waals surface area contributed by atoms with E-state index in [2.05, 4.69) is 20.8 Å². The first-order valence-electron chi connectivity index (χ1n) is 6.15. The Kier molecular flexibility index (Phi) is 3.14. The van der Waals surface area contributed by atoms with Crippen LogP contribution in [0.2, 0.25) is 0 Å². The lowest BCUT2D eigenvalue weighted by molar-refractivity contribution is 0.459. The summed E-state index contributed by atoms with van der Waals surface area (Å²) in [6, 6.07) is 9.57. The van der Waals surface area contributed by atoms with Gasteiger partial charge in [0, 0.05) is 11.1 Å². The molecule has 0 radical (unpaired) electrons. The standard InChI is InChI=1S/C16H18O3/c1-16(2,3)10-4-6-14(18)12(8-10)13-9-11(17)5-7-15(13)19/h4-9,17-19H,1-3H3. The van der Waals surface area contributed by atoms with Crippen molar-refractivity contribution in [2.24, 2.45) is 0 Å². The Hall–Kier alpha value is -2.16. The van der Waals surface area contributed by atoms with Crippen molar-refractivity contribution in [3.63, 3.8) is 0 Å². The molecular weight excluding hydrogens is 240 g/mol. The lowest BCUT2D eigenvalue weighted by Gasteiger charge is -2.20. The number of phenols is 3. The van der Waals surface area contributed by atoms with Gasteiger partial charge in [-0.1, -0.05) is 26.8 Å². The lowest BCUT2D eigenvalue weighted by atomic mass is 9.85. The van der Waals surface area contributed by atoms with Gasteiger partial charge in [0.05, 0.1) is 0 Å². The average Bonchev–Trinajstić information content (AvgIpc) is 2.32. The van der Waals surface area contributed by atoms with Crippen LogP contribution in [-0.4, -0.2) is 15.3 Å². The molecule has 0 unspecified atom stereocenters. The van der Waals surface area contributed by atoms with Crippen molar-refractivity contribution in [1.82, 2.24) is 0 Å². The van der Waals surface area contributed by atoms with Crippen molar-refractivity contribution < 1.29 is 15.3 Å². The van der Waals surface area contributed by atoms with Crippen LogP contribution >= 0.6 is 0 Å². The largest absolute Gasteiger partial charge is 0.508 e. The number of phenolic OH excluding ortho intramolecular Hbond substituents is 3. The van der Waals surface area contributed by atoms with Crippen molar-refractivity contribution in [3.05, 3.63) is 42.0 Å². The first-order valence-corrected chi connectivity index (χ1v) is 6.15. The summed E-state index contributed by atoms with van der Waals surface area (Å²) in [5, 5.41) is 29.4. The van der Waals surface area contributed by atoms with E-state index < -0.39 is 0 Å². The van der Waals surface area contributed by atoms with E-state index in [0.717, 1.165) is 5.56 Å². The van der Waals surface area contributed by atoms with Crippen LogP contribution in [-0.2, 0) is 5.41 Å². The Bertz CT molecular complexity index is 610. The summed E-state index contributed by atoms with van der Waals surface area (Å²) in [6.07, 6.45) is 0. The van der Waals surface area contributed by atoms with Crippen LogP contribution < -0.4 is 0 Å². The maximum absolute atomic E-state index is 9.98. The molecule has 0 heterocycles. The van der Waals surface area contributed by atoms with Crippen LogP contribution in [0.5, 0.6) is 17.2 Å². The van der Waals surface area contributed by atoms with Gasteiger partial charge < -0.3 is 15.3 Å². The third-order valence-corrected chi connectivity index (χ3v) is 3.13. The average molecular weight is 258 g/mol. The summed E-state index contributed by atoms with van der Waals surface area (Å²) >= 11 is 0. The van der Waals surface area contributed by atoms with Crippen molar-refractivity contribution in [2.45, 2.75) is 26.2 Å². The van der Waals surface area contributed by atoms with Gasteiger partial charge in [-0.25, -0.2) is 0 Å². The van der Waals surface area contributed by atoms with Crippen LogP contribution in [0.4, 0.5) is 0 Å². The molecule has 0 atom stereocenters. The van der Waals surface area contributed by atoms with Crippen LogP contribution in [0, 0.1) is 0 Å². The number of hydrogen-bond donors (Lipinski definition) is 3. The van der Waals surface area contributed by atoms with Gasteiger partial charge in [0.15, 0.2) is 0 Å². The molecule has 3 N–H and O–H groups in total. The highest BCUT2D eigenvalue weighted by Gasteiger charge is 2.17. The number of aromatic hydroxyl groups is 3. The summed E-state index contributed by atoms with van der Waals surface area (Å²) in [6.45, 7) is 6.22. The molecule has 0 aromatic heterocycles. The summed E-state index contributed by atoms with van der Waals surface area (Å²) in [5.41, 5.74) is 1.92. The SMILES string of the molecule is CC(C)(C)c1ccc(O)c(-c2cc(O)ccc2O)c1. The number of rotatable bonds is 1. The van der Waals surface area contributed by atoms with E-state index in [-0.39, 0.29) is 22.7 Å². The van der Waals surface area contributed by atoms with Gasteiger partial charge >= 0.3 is 0 Å². The van der Waals surface area contributed by atoms with Gasteiger partial charge in [0.2, 0.25) is 0 Å². The summed E-state index contributed by atoms with van der Waals surface area (Å²) in [7, 11) is 0. The highest BCUT2D eigenvalue weighted by molar-refractivity contribution is 5.77. The Balaban J connectivity index is 2.64. The highest BCUT2D eigenvalue weighted by Crippen LogP contribution is 2.39. The Morgan fingerprint density at radius 1 is 0.737 bits per heavy atom. The molecule has 2 rings (SSSR count). The monoisotopic (exact) mass is 258 g/mol. The Morgan fingerprint density at radius 3 is 1.84 bits per heavy atom. The molecule has 3 nitrogen and oxygen atoms in total. The van der Waals surface area contributed by atoms with E-state index in [0.29, 0.717) is 11.1 Å². The van der Waals surface area contributed by atoms with E-state index >= 15 is 0 Å². The molecule has 0 aliphatic carbocycles. The van der Waals surface area contributed by atoms with Crippen molar-refractivity contribution in [1.29, 1.82) is 0 Å². The molecule has 0 saturated heterocycles. The topological polar surface area (TPSA) is 60.7 Å². The van der Waals surface area contributed by atoms with Crippen LogP contribution in [0.25, 0.3) is 11.1 Å². The molecule has 0 amide bonds. The van der Waals surface area contributed by atoms with Gasteiger partial charge in [-0.15, -0.1) is 0 Å². The zero-order chi connectivity index (χ0) is 14.2. The minimum atomic E-state index is -0.0606. The van der Waals surface area contributed by atoms with Gasteiger partial charge in [0.25, 0.3) is 0 Å². The van der Waals surface area contributed by atoms with Crippen molar-refractivity contribution in [3.8, 4) is 28.4 Å². The molecule has 100 valence electrons. The smallest absolute Gasteiger partial charge is 0.123 e. The fraction of sp³-hybridized carbons (Fsp3) is 0.250. The van der Waals surface area contributed by atoms with Crippen molar-refractivity contribution in [2.75, 3.05) is 0 Å². The maximum Gasteiger partial charge on any atom is 0.123 e. The van der Waals surface area contributed by atoms with Crippen LogP contribution in [0.15, 0.2) is 36.4 Å². The Labute approximate surface area is 112 Å². The predicted octanol–water partition coefficient (Wildman–Crippen LogP) is 3.77. The second-order valence-electron chi connectivity index (χ2n) is 5.68. The van der Waals surface area contributed by atoms with Gasteiger partial charge in [0.1, 0.15) is 17.2 Å². The molecule has 0 fully saturated rings. The second-order valence-corrected chi connectivity index (χ2v) is 5.68. The third kappa shape index (κ3) is 2.65. The minimum Gasteiger partial charge on any atom is -0.508 e. The summed E-state index contributed by atoms with van der Waals surface area (Å²) < 4.78 is 0. The minimum absolute atomic E-state index is 0.0270. The fourth-order valence-corrected chi connectivity index (χ4v) is 1.96. The summed E-state index contributed by atoms with van der Waals surface area (Å²) in [5.74, 6) is 0.154. The third-order valence-electron chi connectivity index (χ3n) is 3.13. The number of benzene rings is 2. The maximum atomic E-state index is 9.98. The normalized spacial score (nSPS) is 11.5. The molecule has 3 heteroatoms. The molecule has 19 heavy (non-hydrogen) atoms. The van der Waals surface area contributed by atoms with E-state index in [1.165, 1.54) is 18.2 Å². The zero-order valence-electron chi connectivity index (χ0n) is 11.3. The lowest BCUT2D eigenvalue weighted by Crippen LogP contribution is -2.10. The van der Waals surface area contributed by atoms with Crippen LogP contribution in [0.1, 0.15) is 26.3 Å². The molecule has 0 aliphatic heterocycles. The quantitative estimate of drug-likeness (QED) is 0.682. The van der Waals surface area contributed by atoms with Crippen LogP contribution in [0.3, 0.4) is 0 Å². The molecule has 0 bridgehead atoms. The zero-order valence-corrected chi connectivity index (χ0v) is 11.3. The predicted molar refractivity (Wildman–Crippen MR) is 75.6 cm³/mol. The van der Waals surface area contributed by atoms with Crippen molar-refractivity contribution >= 4 is 0 Å². The fourth-order valence-electron chi connectivity index (χ4n) is 1.96.